The molecule has 5 nitrogen and oxygen atoms in total. The molecule has 0 spiro atoms. The van der Waals surface area contributed by atoms with E-state index in [4.69, 9.17) is 5.11 Å². The zero-order valence-corrected chi connectivity index (χ0v) is 7.80. The molecule has 0 aliphatic heterocycles. The second kappa shape index (κ2) is 4.69. The Labute approximate surface area is 81.5 Å². The Morgan fingerprint density at radius 2 is 2.21 bits per heavy atom. The van der Waals surface area contributed by atoms with E-state index in [9.17, 15) is 10.1 Å². The van der Waals surface area contributed by atoms with E-state index in [0.29, 0.717) is 5.56 Å². The van der Waals surface area contributed by atoms with E-state index in [0.717, 1.165) is 0 Å². The van der Waals surface area contributed by atoms with Crippen molar-refractivity contribution in [2.45, 2.75) is 6.04 Å². The number of para-hydroxylation sites is 1. The molecular weight excluding hydrogens is 184 g/mol. The largest absolute Gasteiger partial charge is 0.394 e. The predicted octanol–water partition coefficient (Wildman–Crippen LogP) is 0.848. The zero-order chi connectivity index (χ0) is 10.6. The van der Waals surface area contributed by atoms with Crippen LogP contribution in [0.25, 0.3) is 0 Å². The topological polar surface area (TPSA) is 75.4 Å². The number of likely N-dealkylation sites (N-methyl/N-ethyl adjacent to an activating group) is 1. The first kappa shape index (κ1) is 10.6. The fourth-order valence-corrected chi connectivity index (χ4v) is 1.29. The maximum absolute atomic E-state index is 10.7. The van der Waals surface area contributed by atoms with Crippen LogP contribution >= 0.6 is 0 Å². The Morgan fingerprint density at radius 3 is 2.71 bits per heavy atom. The Hall–Kier alpha value is -1.46. The monoisotopic (exact) mass is 196 g/mol. The highest BCUT2D eigenvalue weighted by molar-refractivity contribution is 5.42. The molecule has 1 aromatic carbocycles. The molecule has 1 atom stereocenters. The number of rotatable bonds is 4. The van der Waals surface area contributed by atoms with Gasteiger partial charge >= 0.3 is 0 Å². The van der Waals surface area contributed by atoms with E-state index in [2.05, 4.69) is 5.32 Å². The van der Waals surface area contributed by atoms with Crippen LogP contribution in [0.1, 0.15) is 11.6 Å². The normalized spacial score (nSPS) is 12.4. The second-order valence-corrected chi connectivity index (χ2v) is 2.84. The summed E-state index contributed by atoms with van der Waals surface area (Å²) >= 11 is 0. The highest BCUT2D eigenvalue weighted by atomic mass is 16.6. The van der Waals surface area contributed by atoms with Gasteiger partial charge in [-0.05, 0) is 7.05 Å². The molecule has 2 N–H and O–H groups in total. The lowest BCUT2D eigenvalue weighted by molar-refractivity contribution is -0.385. The summed E-state index contributed by atoms with van der Waals surface area (Å²) in [5.41, 5.74) is 0.531. The molecule has 0 aliphatic carbocycles. The van der Waals surface area contributed by atoms with Crippen molar-refractivity contribution < 1.29 is 10.0 Å². The quantitative estimate of drug-likeness (QED) is 0.553. The average molecular weight is 196 g/mol. The number of aliphatic hydroxyl groups is 1. The molecule has 0 amide bonds. The lowest BCUT2D eigenvalue weighted by Gasteiger charge is -2.12. The average Bonchev–Trinajstić information content (AvgIpc) is 2.20. The van der Waals surface area contributed by atoms with E-state index in [1.54, 1.807) is 25.2 Å². The molecule has 0 unspecified atom stereocenters. The molecule has 5 heteroatoms. The van der Waals surface area contributed by atoms with Crippen LogP contribution in [-0.4, -0.2) is 23.7 Å². The van der Waals surface area contributed by atoms with Gasteiger partial charge in [-0.3, -0.25) is 10.1 Å². The van der Waals surface area contributed by atoms with Crippen molar-refractivity contribution in [3.8, 4) is 0 Å². The molecule has 0 aliphatic rings. The Morgan fingerprint density at radius 1 is 1.57 bits per heavy atom. The lowest BCUT2D eigenvalue weighted by atomic mass is 10.1. The van der Waals surface area contributed by atoms with Crippen molar-refractivity contribution >= 4 is 5.69 Å². The summed E-state index contributed by atoms with van der Waals surface area (Å²) in [6.07, 6.45) is 0. The molecule has 76 valence electrons. The molecule has 0 aromatic heterocycles. The van der Waals surface area contributed by atoms with Crippen molar-refractivity contribution in [3.63, 3.8) is 0 Å². The predicted molar refractivity (Wildman–Crippen MR) is 52.0 cm³/mol. The summed E-state index contributed by atoms with van der Waals surface area (Å²) in [7, 11) is 1.65. The fraction of sp³-hybridized carbons (Fsp3) is 0.333. The first-order valence-electron chi connectivity index (χ1n) is 4.22. The minimum absolute atomic E-state index is 0.0286. The van der Waals surface area contributed by atoms with Crippen molar-refractivity contribution in [2.24, 2.45) is 0 Å². The van der Waals surface area contributed by atoms with Gasteiger partial charge in [0.05, 0.1) is 17.6 Å². The van der Waals surface area contributed by atoms with Gasteiger partial charge in [0.25, 0.3) is 5.69 Å². The van der Waals surface area contributed by atoms with Gasteiger partial charge < -0.3 is 10.4 Å². The maximum atomic E-state index is 10.7. The molecule has 0 fully saturated rings. The molecule has 0 saturated carbocycles. The summed E-state index contributed by atoms with van der Waals surface area (Å²) in [5, 5.41) is 22.5. The zero-order valence-electron chi connectivity index (χ0n) is 7.80. The van der Waals surface area contributed by atoms with E-state index in [-0.39, 0.29) is 12.3 Å². The first-order chi connectivity index (χ1) is 6.70. The number of hydrogen-bond donors (Lipinski definition) is 2. The number of hydrogen-bond acceptors (Lipinski definition) is 4. The van der Waals surface area contributed by atoms with Gasteiger partial charge in [-0.2, -0.15) is 0 Å². The van der Waals surface area contributed by atoms with E-state index >= 15 is 0 Å². The van der Waals surface area contributed by atoms with Crippen LogP contribution in [0, 0.1) is 10.1 Å². The summed E-state index contributed by atoms with van der Waals surface area (Å²) in [4.78, 5) is 10.2. The number of nitro groups is 1. The molecule has 0 radical (unpaired) electrons. The molecule has 14 heavy (non-hydrogen) atoms. The smallest absolute Gasteiger partial charge is 0.274 e. The Balaban J connectivity index is 3.11. The van der Waals surface area contributed by atoms with Gasteiger partial charge in [-0.15, -0.1) is 0 Å². The van der Waals surface area contributed by atoms with Crippen molar-refractivity contribution in [2.75, 3.05) is 13.7 Å². The van der Waals surface area contributed by atoms with Crippen LogP contribution in [-0.2, 0) is 0 Å². The van der Waals surface area contributed by atoms with Gasteiger partial charge in [0.1, 0.15) is 0 Å². The maximum Gasteiger partial charge on any atom is 0.274 e. The number of nitrogens with zero attached hydrogens (tertiary/aromatic N) is 1. The molecule has 0 bridgehead atoms. The molecule has 0 heterocycles. The molecule has 0 saturated heterocycles. The van der Waals surface area contributed by atoms with Gasteiger partial charge in [0.2, 0.25) is 0 Å². The minimum Gasteiger partial charge on any atom is -0.394 e. The van der Waals surface area contributed by atoms with E-state index in [1.165, 1.54) is 6.07 Å². The summed E-state index contributed by atoms with van der Waals surface area (Å²) in [6.45, 7) is -0.165. The highest BCUT2D eigenvalue weighted by Crippen LogP contribution is 2.23. The fourth-order valence-electron chi connectivity index (χ4n) is 1.29. The number of nitrogens with one attached hydrogen (secondary N) is 1. The molecule has 1 rings (SSSR count). The third-order valence-electron chi connectivity index (χ3n) is 2.04. The Kier molecular flexibility index (Phi) is 3.55. The third-order valence-corrected chi connectivity index (χ3v) is 2.04. The summed E-state index contributed by atoms with van der Waals surface area (Å²) in [6, 6.07) is 5.98. The van der Waals surface area contributed by atoms with Gasteiger partial charge in [-0.1, -0.05) is 18.2 Å². The number of benzene rings is 1. The summed E-state index contributed by atoms with van der Waals surface area (Å²) in [5.74, 6) is 0. The Bertz CT molecular complexity index is 324. The lowest BCUT2D eigenvalue weighted by Crippen LogP contribution is -2.20. The molecule has 1 aromatic rings. The standard InChI is InChI=1S/C9H12N2O3/c1-10-8(6-12)7-4-2-3-5-9(7)11(13)14/h2-5,8,10,12H,6H2,1H3/t8-/m1/s1. The van der Waals surface area contributed by atoms with Crippen molar-refractivity contribution in [3.05, 3.63) is 39.9 Å². The van der Waals surface area contributed by atoms with Gasteiger partial charge in [-0.25, -0.2) is 0 Å². The number of aliphatic hydroxyl groups excluding tert-OH is 1. The van der Waals surface area contributed by atoms with Crippen LogP contribution in [0.5, 0.6) is 0 Å². The van der Waals surface area contributed by atoms with Crippen LogP contribution in [0.2, 0.25) is 0 Å². The third kappa shape index (κ3) is 2.07. The van der Waals surface area contributed by atoms with E-state index in [1.807, 2.05) is 0 Å². The van der Waals surface area contributed by atoms with Crippen LogP contribution < -0.4 is 5.32 Å². The summed E-state index contributed by atoms with van der Waals surface area (Å²) < 4.78 is 0. The van der Waals surface area contributed by atoms with Crippen LogP contribution in [0.3, 0.4) is 0 Å². The van der Waals surface area contributed by atoms with Crippen molar-refractivity contribution in [1.29, 1.82) is 0 Å². The molecular formula is C9H12N2O3. The number of nitro benzene ring substituents is 1. The van der Waals surface area contributed by atoms with Gasteiger partial charge in [0.15, 0.2) is 0 Å². The van der Waals surface area contributed by atoms with Crippen molar-refractivity contribution in [1.82, 2.24) is 5.32 Å². The van der Waals surface area contributed by atoms with Crippen LogP contribution in [0.15, 0.2) is 24.3 Å². The minimum atomic E-state index is -0.449. The van der Waals surface area contributed by atoms with Crippen LogP contribution in [0.4, 0.5) is 5.69 Å². The SMILES string of the molecule is CN[C@H](CO)c1ccccc1[N+](=O)[O-]. The highest BCUT2D eigenvalue weighted by Gasteiger charge is 2.18. The second-order valence-electron chi connectivity index (χ2n) is 2.84. The van der Waals surface area contributed by atoms with Gasteiger partial charge in [0, 0.05) is 11.6 Å². The van der Waals surface area contributed by atoms with E-state index < -0.39 is 11.0 Å². The first-order valence-corrected chi connectivity index (χ1v) is 4.22.